The summed E-state index contributed by atoms with van der Waals surface area (Å²) in [5, 5.41) is 12.4. The van der Waals surface area contributed by atoms with Crippen molar-refractivity contribution in [3.63, 3.8) is 0 Å². The van der Waals surface area contributed by atoms with Crippen LogP contribution in [0.25, 0.3) is 10.4 Å². The van der Waals surface area contributed by atoms with Gasteiger partial charge in [-0.25, -0.2) is 0 Å². The van der Waals surface area contributed by atoms with E-state index in [0.717, 1.165) is 0 Å². The predicted octanol–water partition coefficient (Wildman–Crippen LogP) is 2.54. The number of ketones is 1. The Balaban J connectivity index is 3.34. The molecular formula is C8H7N3O2. The summed E-state index contributed by atoms with van der Waals surface area (Å²) in [6, 6.07) is 4.02. The van der Waals surface area contributed by atoms with Crippen LogP contribution in [0.15, 0.2) is 23.3 Å². The summed E-state index contributed by atoms with van der Waals surface area (Å²) >= 11 is 0. The van der Waals surface area contributed by atoms with Crippen molar-refractivity contribution in [2.45, 2.75) is 6.92 Å². The van der Waals surface area contributed by atoms with Gasteiger partial charge in [0.05, 0.1) is 0 Å². The average Bonchev–Trinajstić information content (AvgIpc) is 2.08. The highest BCUT2D eigenvalue weighted by atomic mass is 16.3. The van der Waals surface area contributed by atoms with Crippen LogP contribution in [0.1, 0.15) is 17.3 Å². The molecule has 0 spiro atoms. The normalized spacial score (nSPS) is 9.00. The summed E-state index contributed by atoms with van der Waals surface area (Å²) in [4.78, 5) is 13.6. The molecule has 13 heavy (non-hydrogen) atoms. The molecule has 5 nitrogen and oxygen atoms in total. The summed E-state index contributed by atoms with van der Waals surface area (Å²) < 4.78 is 0. The van der Waals surface area contributed by atoms with Gasteiger partial charge in [0.25, 0.3) is 0 Å². The maximum absolute atomic E-state index is 11.0. The fourth-order valence-electron chi connectivity index (χ4n) is 0.941. The molecule has 1 rings (SSSR count). The fraction of sp³-hybridized carbons (Fsp3) is 0.125. The van der Waals surface area contributed by atoms with E-state index in [9.17, 15) is 4.79 Å². The lowest BCUT2D eigenvalue weighted by Gasteiger charge is -2.00. The lowest BCUT2D eigenvalue weighted by Crippen LogP contribution is -1.91. The zero-order chi connectivity index (χ0) is 9.84. The first-order valence-corrected chi connectivity index (χ1v) is 3.54. The molecule has 0 atom stereocenters. The molecule has 0 saturated heterocycles. The van der Waals surface area contributed by atoms with Gasteiger partial charge in [0.1, 0.15) is 5.75 Å². The number of benzene rings is 1. The van der Waals surface area contributed by atoms with E-state index in [2.05, 4.69) is 10.0 Å². The zero-order valence-electron chi connectivity index (χ0n) is 6.93. The number of nitrogens with zero attached hydrogens (tertiary/aromatic N) is 3. The third kappa shape index (κ3) is 1.98. The Kier molecular flexibility index (Phi) is 2.52. The Morgan fingerprint density at radius 2 is 2.31 bits per heavy atom. The first kappa shape index (κ1) is 9.09. The quantitative estimate of drug-likeness (QED) is 0.325. The van der Waals surface area contributed by atoms with E-state index in [4.69, 9.17) is 10.6 Å². The van der Waals surface area contributed by atoms with Gasteiger partial charge in [-0.1, -0.05) is 5.11 Å². The van der Waals surface area contributed by atoms with E-state index >= 15 is 0 Å². The van der Waals surface area contributed by atoms with Gasteiger partial charge in [-0.15, -0.1) is 0 Å². The molecule has 0 saturated carbocycles. The van der Waals surface area contributed by atoms with Crippen molar-refractivity contribution in [1.29, 1.82) is 0 Å². The number of phenols is 1. The number of Topliss-reactive ketones (excluding diaryl/α,β-unsaturated/α-hetero) is 1. The molecule has 1 aromatic rings. The Hall–Kier alpha value is -2.00. The van der Waals surface area contributed by atoms with E-state index in [0.29, 0.717) is 0 Å². The standard InChI is InChI=1S/C8H7N3O2/c1-5(12)7-4-6(13)2-3-8(7)10-11-9/h2-4,13H,1H3. The van der Waals surface area contributed by atoms with E-state index in [1.807, 2.05) is 0 Å². The van der Waals surface area contributed by atoms with E-state index in [-0.39, 0.29) is 22.8 Å². The molecule has 1 N–H and O–H groups in total. The summed E-state index contributed by atoms with van der Waals surface area (Å²) in [5.41, 5.74) is 8.63. The lowest BCUT2D eigenvalue weighted by molar-refractivity contribution is 0.101. The average molecular weight is 177 g/mol. The molecule has 0 fully saturated rings. The number of rotatable bonds is 2. The highest BCUT2D eigenvalue weighted by molar-refractivity contribution is 5.99. The second kappa shape index (κ2) is 3.60. The third-order valence-corrected chi connectivity index (χ3v) is 1.51. The fourth-order valence-corrected chi connectivity index (χ4v) is 0.941. The predicted molar refractivity (Wildman–Crippen MR) is 46.9 cm³/mol. The van der Waals surface area contributed by atoms with Gasteiger partial charge in [-0.2, -0.15) is 0 Å². The smallest absolute Gasteiger partial charge is 0.160 e. The summed E-state index contributed by atoms with van der Waals surface area (Å²) in [6.45, 7) is 1.34. The molecule has 0 aliphatic carbocycles. The van der Waals surface area contributed by atoms with Crippen molar-refractivity contribution < 1.29 is 9.90 Å². The van der Waals surface area contributed by atoms with Crippen molar-refractivity contribution in [1.82, 2.24) is 0 Å². The molecule has 1 aromatic carbocycles. The SMILES string of the molecule is CC(=O)c1cc(O)ccc1N=[N+]=[N-]. The Bertz CT molecular complexity index is 394. The first-order valence-electron chi connectivity index (χ1n) is 3.54. The van der Waals surface area contributed by atoms with Crippen molar-refractivity contribution in [3.8, 4) is 5.75 Å². The van der Waals surface area contributed by atoms with Crippen molar-refractivity contribution in [2.24, 2.45) is 5.11 Å². The van der Waals surface area contributed by atoms with Gasteiger partial charge in [-0.05, 0) is 30.7 Å². The van der Waals surface area contributed by atoms with Gasteiger partial charge in [0.15, 0.2) is 5.78 Å². The maximum atomic E-state index is 11.0. The minimum Gasteiger partial charge on any atom is -0.508 e. The molecule has 66 valence electrons. The number of phenolic OH excluding ortho intramolecular Hbond substituents is 1. The molecule has 0 aromatic heterocycles. The molecule has 0 unspecified atom stereocenters. The van der Waals surface area contributed by atoms with Crippen molar-refractivity contribution in [3.05, 3.63) is 34.2 Å². The largest absolute Gasteiger partial charge is 0.508 e. The number of carbonyl (C=O) groups excluding carboxylic acids is 1. The van der Waals surface area contributed by atoms with Crippen LogP contribution in [-0.2, 0) is 0 Å². The molecule has 0 bridgehead atoms. The highest BCUT2D eigenvalue weighted by Crippen LogP contribution is 2.24. The summed E-state index contributed by atoms with van der Waals surface area (Å²) in [6.07, 6.45) is 0. The van der Waals surface area contributed by atoms with Crippen LogP contribution in [-0.4, -0.2) is 10.9 Å². The molecule has 0 amide bonds. The Morgan fingerprint density at radius 3 is 2.85 bits per heavy atom. The molecule has 0 heterocycles. The van der Waals surface area contributed by atoms with E-state index < -0.39 is 0 Å². The van der Waals surface area contributed by atoms with Crippen LogP contribution < -0.4 is 0 Å². The number of hydrogen-bond donors (Lipinski definition) is 1. The topological polar surface area (TPSA) is 86.1 Å². The number of hydrogen-bond acceptors (Lipinski definition) is 3. The zero-order valence-corrected chi connectivity index (χ0v) is 6.93. The van der Waals surface area contributed by atoms with Crippen LogP contribution in [0.2, 0.25) is 0 Å². The van der Waals surface area contributed by atoms with Crippen molar-refractivity contribution in [2.75, 3.05) is 0 Å². The minimum atomic E-state index is -0.252. The van der Waals surface area contributed by atoms with Crippen LogP contribution in [0.3, 0.4) is 0 Å². The van der Waals surface area contributed by atoms with E-state index in [1.165, 1.54) is 25.1 Å². The second-order valence-corrected chi connectivity index (χ2v) is 2.45. The Labute approximate surface area is 74.3 Å². The molecule has 0 aliphatic heterocycles. The third-order valence-electron chi connectivity index (χ3n) is 1.51. The number of aromatic hydroxyl groups is 1. The van der Waals surface area contributed by atoms with Gasteiger partial charge in [-0.3, -0.25) is 4.79 Å². The molecular weight excluding hydrogens is 170 g/mol. The van der Waals surface area contributed by atoms with Gasteiger partial charge in [0.2, 0.25) is 0 Å². The van der Waals surface area contributed by atoms with Crippen LogP contribution in [0.5, 0.6) is 5.75 Å². The van der Waals surface area contributed by atoms with Crippen LogP contribution in [0.4, 0.5) is 5.69 Å². The number of azide groups is 1. The van der Waals surface area contributed by atoms with Crippen molar-refractivity contribution >= 4 is 11.5 Å². The van der Waals surface area contributed by atoms with Gasteiger partial charge < -0.3 is 5.11 Å². The molecule has 0 radical (unpaired) electrons. The lowest BCUT2D eigenvalue weighted by atomic mass is 10.1. The monoisotopic (exact) mass is 177 g/mol. The maximum Gasteiger partial charge on any atom is 0.160 e. The van der Waals surface area contributed by atoms with Crippen LogP contribution >= 0.6 is 0 Å². The van der Waals surface area contributed by atoms with Gasteiger partial charge in [0, 0.05) is 16.2 Å². The molecule has 5 heteroatoms. The summed E-state index contributed by atoms with van der Waals surface area (Å²) in [5.74, 6) is -0.277. The number of carbonyl (C=O) groups is 1. The first-order chi connectivity index (χ1) is 6.15. The van der Waals surface area contributed by atoms with Crippen LogP contribution in [0, 0.1) is 0 Å². The Morgan fingerprint density at radius 1 is 1.62 bits per heavy atom. The minimum absolute atomic E-state index is 0.0258. The van der Waals surface area contributed by atoms with Gasteiger partial charge >= 0.3 is 0 Å². The highest BCUT2D eigenvalue weighted by Gasteiger charge is 2.06. The van der Waals surface area contributed by atoms with E-state index in [1.54, 1.807) is 0 Å². The molecule has 0 aliphatic rings. The second-order valence-electron chi connectivity index (χ2n) is 2.45. The summed E-state index contributed by atoms with van der Waals surface area (Å²) in [7, 11) is 0.